The fourth-order valence-electron chi connectivity index (χ4n) is 3.92. The van der Waals surface area contributed by atoms with Crippen LogP contribution in [0.4, 0.5) is 0 Å². The van der Waals surface area contributed by atoms with Crippen LogP contribution in [-0.4, -0.2) is 67.9 Å². The second kappa shape index (κ2) is 7.62. The van der Waals surface area contributed by atoms with Gasteiger partial charge in [-0.1, -0.05) is 0 Å². The minimum atomic E-state index is 0.116. The molecule has 1 amide bonds. The van der Waals surface area contributed by atoms with Crippen LogP contribution in [0, 0.1) is 0 Å². The fourth-order valence-corrected chi connectivity index (χ4v) is 3.92. The van der Waals surface area contributed by atoms with Gasteiger partial charge in [-0.15, -0.1) is 0 Å². The maximum absolute atomic E-state index is 13.1. The van der Waals surface area contributed by atoms with E-state index in [-0.39, 0.29) is 12.7 Å². The molecule has 4 rings (SSSR count). The van der Waals surface area contributed by atoms with Crippen LogP contribution in [-0.2, 0) is 4.74 Å². The summed E-state index contributed by atoms with van der Waals surface area (Å²) in [6.45, 7) is 5.78. The molecule has 0 spiro atoms. The van der Waals surface area contributed by atoms with Gasteiger partial charge in [0.2, 0.25) is 6.79 Å². The molecule has 0 aliphatic carbocycles. The van der Waals surface area contributed by atoms with Gasteiger partial charge in [-0.25, -0.2) is 0 Å². The molecule has 3 heterocycles. The molecule has 3 aliphatic rings. The Labute approximate surface area is 148 Å². The number of carbonyl (C=O) groups is 1. The van der Waals surface area contributed by atoms with Crippen molar-refractivity contribution >= 4 is 5.91 Å². The quantitative estimate of drug-likeness (QED) is 0.836. The molecular weight excluding hydrogens is 320 g/mol. The first kappa shape index (κ1) is 16.7. The molecule has 1 atom stereocenters. The van der Waals surface area contributed by atoms with Crippen molar-refractivity contribution < 1.29 is 19.0 Å². The van der Waals surface area contributed by atoms with Crippen LogP contribution in [0.25, 0.3) is 0 Å². The number of piperidine rings is 1. The van der Waals surface area contributed by atoms with E-state index in [9.17, 15) is 4.79 Å². The maximum Gasteiger partial charge on any atom is 0.254 e. The summed E-state index contributed by atoms with van der Waals surface area (Å²) in [6, 6.07) is 5.83. The summed E-state index contributed by atoms with van der Waals surface area (Å²) in [7, 11) is 0. The summed E-state index contributed by atoms with van der Waals surface area (Å²) in [5, 5.41) is 0. The zero-order chi connectivity index (χ0) is 17.1. The number of rotatable bonds is 4. The van der Waals surface area contributed by atoms with E-state index < -0.39 is 0 Å². The molecule has 0 N–H and O–H groups in total. The lowest BCUT2D eigenvalue weighted by Crippen LogP contribution is -2.46. The van der Waals surface area contributed by atoms with E-state index in [0.29, 0.717) is 17.4 Å². The number of ether oxygens (including phenoxy) is 3. The lowest BCUT2D eigenvalue weighted by atomic mass is 9.97. The van der Waals surface area contributed by atoms with Gasteiger partial charge in [-0.3, -0.25) is 9.69 Å². The van der Waals surface area contributed by atoms with Crippen LogP contribution < -0.4 is 9.47 Å². The van der Waals surface area contributed by atoms with Gasteiger partial charge in [0.25, 0.3) is 5.91 Å². The van der Waals surface area contributed by atoms with Crippen molar-refractivity contribution in [2.75, 3.05) is 46.2 Å². The first-order chi connectivity index (χ1) is 12.3. The average molecular weight is 346 g/mol. The number of nitrogens with zero attached hydrogens (tertiary/aromatic N) is 2. The minimum absolute atomic E-state index is 0.116. The van der Waals surface area contributed by atoms with Gasteiger partial charge in [0.1, 0.15) is 0 Å². The van der Waals surface area contributed by atoms with Crippen LogP contribution in [0.15, 0.2) is 18.2 Å². The van der Waals surface area contributed by atoms with Crippen LogP contribution in [0.3, 0.4) is 0 Å². The molecule has 1 unspecified atom stereocenters. The Bertz CT molecular complexity index is 615. The van der Waals surface area contributed by atoms with Crippen molar-refractivity contribution in [2.24, 2.45) is 0 Å². The third kappa shape index (κ3) is 3.75. The summed E-state index contributed by atoms with van der Waals surface area (Å²) >= 11 is 0. The zero-order valence-corrected chi connectivity index (χ0v) is 14.6. The summed E-state index contributed by atoms with van der Waals surface area (Å²) in [5.41, 5.74) is 0.697. The molecular formula is C19H26N2O4. The number of likely N-dealkylation sites (tertiary alicyclic amines) is 1. The van der Waals surface area contributed by atoms with Crippen LogP contribution in [0.2, 0.25) is 0 Å². The van der Waals surface area contributed by atoms with Gasteiger partial charge in [-0.2, -0.15) is 0 Å². The van der Waals surface area contributed by atoms with E-state index in [0.717, 1.165) is 64.4 Å². The highest BCUT2D eigenvalue weighted by atomic mass is 16.7. The Morgan fingerprint density at radius 1 is 1.08 bits per heavy atom. The van der Waals surface area contributed by atoms with E-state index in [2.05, 4.69) is 9.80 Å². The number of fused-ring (bicyclic) bond motifs is 1. The molecule has 0 saturated carbocycles. The minimum Gasteiger partial charge on any atom is -0.454 e. The van der Waals surface area contributed by atoms with Gasteiger partial charge in [0.05, 0.1) is 13.2 Å². The van der Waals surface area contributed by atoms with Crippen molar-refractivity contribution in [3.8, 4) is 11.5 Å². The molecule has 2 saturated heterocycles. The number of hydrogen-bond acceptors (Lipinski definition) is 5. The molecule has 1 aromatic carbocycles. The van der Waals surface area contributed by atoms with Gasteiger partial charge >= 0.3 is 0 Å². The summed E-state index contributed by atoms with van der Waals surface area (Å²) < 4.78 is 16.2. The summed E-state index contributed by atoms with van der Waals surface area (Å²) in [6.07, 6.45) is 4.43. The maximum atomic E-state index is 13.1. The van der Waals surface area contributed by atoms with Gasteiger partial charge in [0.15, 0.2) is 11.5 Å². The molecule has 0 bridgehead atoms. The van der Waals surface area contributed by atoms with Gasteiger partial charge < -0.3 is 19.1 Å². The Balaban J connectivity index is 1.41. The lowest BCUT2D eigenvalue weighted by Gasteiger charge is -2.37. The largest absolute Gasteiger partial charge is 0.454 e. The van der Waals surface area contributed by atoms with Crippen molar-refractivity contribution in [2.45, 2.75) is 31.7 Å². The highest BCUT2D eigenvalue weighted by Gasteiger charge is 2.29. The van der Waals surface area contributed by atoms with Crippen LogP contribution in [0.5, 0.6) is 11.5 Å². The van der Waals surface area contributed by atoms with E-state index in [1.165, 1.54) is 6.42 Å². The van der Waals surface area contributed by atoms with Gasteiger partial charge in [-0.05, 0) is 43.9 Å². The third-order valence-electron chi connectivity index (χ3n) is 5.39. The van der Waals surface area contributed by atoms with E-state index in [1.54, 1.807) is 0 Å². The number of hydrogen-bond donors (Lipinski definition) is 0. The second-order valence-electron chi connectivity index (χ2n) is 6.96. The highest BCUT2D eigenvalue weighted by molar-refractivity contribution is 5.95. The van der Waals surface area contributed by atoms with Gasteiger partial charge in [0, 0.05) is 37.8 Å². The predicted molar refractivity (Wildman–Crippen MR) is 93.1 cm³/mol. The molecule has 0 aromatic heterocycles. The van der Waals surface area contributed by atoms with Crippen LogP contribution in [0.1, 0.15) is 36.0 Å². The van der Waals surface area contributed by atoms with E-state index >= 15 is 0 Å². The Morgan fingerprint density at radius 2 is 1.92 bits per heavy atom. The van der Waals surface area contributed by atoms with Crippen molar-refractivity contribution in [1.82, 2.24) is 9.80 Å². The number of amides is 1. The molecule has 25 heavy (non-hydrogen) atoms. The predicted octanol–water partition coefficient (Wildman–Crippen LogP) is 2.13. The van der Waals surface area contributed by atoms with Crippen molar-refractivity contribution in [1.29, 1.82) is 0 Å². The zero-order valence-electron chi connectivity index (χ0n) is 14.6. The summed E-state index contributed by atoms with van der Waals surface area (Å²) in [5.74, 6) is 1.51. The molecule has 3 aliphatic heterocycles. The standard InChI is InChI=1S/C19H26N2O4/c22-19(15-4-5-17-18(13-15)25-14-24-17)21-7-2-1-3-16(21)6-8-20-9-11-23-12-10-20/h4-5,13,16H,1-3,6-12,14H2. The number of carbonyl (C=O) groups excluding carboxylic acids is 1. The average Bonchev–Trinajstić information content (AvgIpc) is 3.14. The molecule has 0 radical (unpaired) electrons. The third-order valence-corrected chi connectivity index (χ3v) is 5.39. The number of benzene rings is 1. The highest BCUT2D eigenvalue weighted by Crippen LogP contribution is 2.33. The molecule has 136 valence electrons. The molecule has 1 aromatic rings. The lowest BCUT2D eigenvalue weighted by molar-refractivity contribution is 0.0295. The topological polar surface area (TPSA) is 51.2 Å². The first-order valence-electron chi connectivity index (χ1n) is 9.32. The normalized spacial score (nSPS) is 23.7. The second-order valence-corrected chi connectivity index (χ2v) is 6.96. The molecule has 6 nitrogen and oxygen atoms in total. The Kier molecular flexibility index (Phi) is 5.08. The molecule has 2 fully saturated rings. The Hall–Kier alpha value is -1.79. The van der Waals surface area contributed by atoms with E-state index in [1.807, 2.05) is 18.2 Å². The van der Waals surface area contributed by atoms with Crippen LogP contribution >= 0.6 is 0 Å². The van der Waals surface area contributed by atoms with Crippen molar-refractivity contribution in [3.63, 3.8) is 0 Å². The van der Waals surface area contributed by atoms with Crippen molar-refractivity contribution in [3.05, 3.63) is 23.8 Å². The Morgan fingerprint density at radius 3 is 2.80 bits per heavy atom. The van der Waals surface area contributed by atoms with E-state index in [4.69, 9.17) is 14.2 Å². The number of morpholine rings is 1. The summed E-state index contributed by atoms with van der Waals surface area (Å²) in [4.78, 5) is 17.6. The smallest absolute Gasteiger partial charge is 0.254 e. The fraction of sp³-hybridized carbons (Fsp3) is 0.632. The molecule has 6 heteroatoms. The monoisotopic (exact) mass is 346 g/mol. The first-order valence-corrected chi connectivity index (χ1v) is 9.32. The SMILES string of the molecule is O=C(c1ccc2c(c1)OCO2)N1CCCCC1CCN1CCOCC1.